The van der Waals surface area contributed by atoms with Crippen LogP contribution in [-0.2, 0) is 30.4 Å². The Morgan fingerprint density at radius 1 is 0.933 bits per heavy atom. The van der Waals surface area contributed by atoms with Crippen LogP contribution in [-0.4, -0.2) is 78.2 Å². The molecule has 45 heavy (non-hydrogen) atoms. The molecule has 0 spiro atoms. The zero-order valence-corrected chi connectivity index (χ0v) is 24.5. The minimum atomic E-state index is -1.58. The average Bonchev–Trinajstić information content (AvgIpc) is 3.00. The van der Waals surface area contributed by atoms with Crippen LogP contribution in [0.1, 0.15) is 42.1 Å². The summed E-state index contributed by atoms with van der Waals surface area (Å²) in [5, 5.41) is 23.9. The number of non-ortho nitro benzene ring substituents is 1. The van der Waals surface area contributed by atoms with Crippen molar-refractivity contribution >= 4 is 41.1 Å². The third-order valence-electron chi connectivity index (χ3n) is 6.69. The molecule has 0 fully saturated rings. The molecule has 0 aromatic heterocycles. The SMILES string of the molecule is C[C@@H]1NC(=O)[C@H](Cc2ccccc2)NC(=O)[C@H](CC(N)=O)NC(=O)c2cc([N+](=O)[O-])ccc2OCCCCNC(=O)CNC1=O. The molecule has 1 aliphatic rings. The summed E-state index contributed by atoms with van der Waals surface area (Å²) >= 11 is 0. The lowest BCUT2D eigenvalue weighted by atomic mass is 10.0. The maximum Gasteiger partial charge on any atom is 0.270 e. The molecule has 2 aromatic carbocycles. The normalized spacial score (nSPS) is 20.8. The largest absolute Gasteiger partial charge is 0.493 e. The predicted octanol–water partition coefficient (Wildman–Crippen LogP) is -0.794. The number of primary amides is 1. The van der Waals surface area contributed by atoms with Gasteiger partial charge in [0.2, 0.25) is 29.5 Å². The van der Waals surface area contributed by atoms with Crippen LogP contribution < -0.4 is 37.1 Å². The van der Waals surface area contributed by atoms with Gasteiger partial charge in [0, 0.05) is 25.1 Å². The van der Waals surface area contributed by atoms with Gasteiger partial charge in [0.05, 0.1) is 30.1 Å². The Morgan fingerprint density at radius 3 is 2.33 bits per heavy atom. The topological polar surface area (TPSA) is 241 Å². The highest BCUT2D eigenvalue weighted by molar-refractivity contribution is 6.02. The number of nitrogens with two attached hydrogens (primary N) is 1. The van der Waals surface area contributed by atoms with E-state index in [1.165, 1.54) is 13.0 Å². The quantitative estimate of drug-likeness (QED) is 0.180. The lowest BCUT2D eigenvalue weighted by Crippen LogP contribution is -2.57. The summed E-state index contributed by atoms with van der Waals surface area (Å²) < 4.78 is 5.69. The minimum absolute atomic E-state index is 0.0238. The smallest absolute Gasteiger partial charge is 0.270 e. The Labute approximate surface area is 258 Å². The fraction of sp³-hybridized carbons (Fsp3) is 0.379. The van der Waals surface area contributed by atoms with E-state index in [4.69, 9.17) is 10.5 Å². The molecule has 3 atom stereocenters. The van der Waals surface area contributed by atoms with Gasteiger partial charge in [0.25, 0.3) is 11.6 Å². The van der Waals surface area contributed by atoms with Crippen LogP contribution in [0.15, 0.2) is 48.5 Å². The number of ether oxygens (including phenoxy) is 1. The van der Waals surface area contributed by atoms with E-state index in [-0.39, 0.29) is 37.4 Å². The van der Waals surface area contributed by atoms with Gasteiger partial charge in [0.15, 0.2) is 0 Å². The fourth-order valence-electron chi connectivity index (χ4n) is 4.31. The highest BCUT2D eigenvalue weighted by Gasteiger charge is 2.31. The summed E-state index contributed by atoms with van der Waals surface area (Å²) in [6, 6.07) is 8.00. The summed E-state index contributed by atoms with van der Waals surface area (Å²) in [6.07, 6.45) is 0.186. The molecule has 16 nitrogen and oxygen atoms in total. The van der Waals surface area contributed by atoms with Crippen molar-refractivity contribution in [2.75, 3.05) is 19.7 Å². The number of hydrogen-bond donors (Lipinski definition) is 6. The van der Waals surface area contributed by atoms with Gasteiger partial charge in [-0.05, 0) is 31.4 Å². The van der Waals surface area contributed by atoms with Crippen LogP contribution in [0.4, 0.5) is 5.69 Å². The number of benzene rings is 2. The van der Waals surface area contributed by atoms with E-state index < -0.39 is 70.6 Å². The summed E-state index contributed by atoms with van der Waals surface area (Å²) in [4.78, 5) is 87.5. The van der Waals surface area contributed by atoms with E-state index in [0.717, 1.165) is 12.1 Å². The van der Waals surface area contributed by atoms with E-state index in [9.17, 15) is 38.9 Å². The Morgan fingerprint density at radius 2 is 1.64 bits per heavy atom. The second-order valence-electron chi connectivity index (χ2n) is 10.2. The van der Waals surface area contributed by atoms with Crippen molar-refractivity contribution in [3.63, 3.8) is 0 Å². The van der Waals surface area contributed by atoms with E-state index in [2.05, 4.69) is 26.6 Å². The lowest BCUT2D eigenvalue weighted by Gasteiger charge is -2.24. The highest BCUT2D eigenvalue weighted by Crippen LogP contribution is 2.25. The lowest BCUT2D eigenvalue weighted by molar-refractivity contribution is -0.384. The number of carbonyl (C=O) groups excluding carboxylic acids is 6. The molecule has 0 saturated heterocycles. The van der Waals surface area contributed by atoms with Crippen LogP contribution in [0.2, 0.25) is 0 Å². The number of carbonyl (C=O) groups is 6. The van der Waals surface area contributed by atoms with Gasteiger partial charge in [-0.2, -0.15) is 0 Å². The van der Waals surface area contributed by atoms with Crippen molar-refractivity contribution in [1.29, 1.82) is 0 Å². The molecular formula is C29H35N7O9. The summed E-state index contributed by atoms with van der Waals surface area (Å²) in [6.45, 7) is 1.38. The Balaban J connectivity index is 1.96. The number of fused-ring (bicyclic) bond motifs is 1. The second kappa shape index (κ2) is 16.3. The molecule has 0 unspecified atom stereocenters. The first-order valence-electron chi connectivity index (χ1n) is 14.1. The van der Waals surface area contributed by atoms with E-state index in [1.807, 2.05) is 0 Å². The summed E-state index contributed by atoms with van der Waals surface area (Å²) in [5.74, 6) is -4.76. The number of nitro groups is 1. The third kappa shape index (κ3) is 10.6. The molecule has 16 heteroatoms. The Kier molecular flexibility index (Phi) is 12.3. The molecule has 240 valence electrons. The second-order valence-corrected chi connectivity index (χ2v) is 10.2. The molecule has 0 radical (unpaired) electrons. The van der Waals surface area contributed by atoms with Gasteiger partial charge in [-0.3, -0.25) is 38.9 Å². The van der Waals surface area contributed by atoms with Crippen molar-refractivity contribution in [3.05, 3.63) is 69.8 Å². The van der Waals surface area contributed by atoms with Crippen molar-refractivity contribution in [2.45, 2.75) is 50.7 Å². The van der Waals surface area contributed by atoms with Crippen molar-refractivity contribution in [3.8, 4) is 5.75 Å². The number of amides is 6. The first-order chi connectivity index (χ1) is 21.4. The predicted molar refractivity (Wildman–Crippen MR) is 159 cm³/mol. The van der Waals surface area contributed by atoms with Gasteiger partial charge >= 0.3 is 0 Å². The van der Waals surface area contributed by atoms with Crippen LogP contribution in [0.25, 0.3) is 0 Å². The maximum absolute atomic E-state index is 13.4. The number of nitrogens with zero attached hydrogens (tertiary/aromatic N) is 1. The molecule has 3 rings (SSSR count). The van der Waals surface area contributed by atoms with Gasteiger partial charge < -0.3 is 37.1 Å². The van der Waals surface area contributed by atoms with Crippen LogP contribution >= 0.6 is 0 Å². The van der Waals surface area contributed by atoms with Gasteiger partial charge in [-0.1, -0.05) is 30.3 Å². The van der Waals surface area contributed by atoms with E-state index >= 15 is 0 Å². The molecule has 2 aromatic rings. The van der Waals surface area contributed by atoms with Crippen LogP contribution in [0.3, 0.4) is 0 Å². The van der Waals surface area contributed by atoms with Crippen molar-refractivity contribution in [2.24, 2.45) is 5.73 Å². The zero-order chi connectivity index (χ0) is 32.9. The number of rotatable bonds is 5. The molecule has 7 N–H and O–H groups in total. The van der Waals surface area contributed by atoms with E-state index in [1.54, 1.807) is 30.3 Å². The van der Waals surface area contributed by atoms with Crippen LogP contribution in [0, 0.1) is 10.1 Å². The highest BCUT2D eigenvalue weighted by atomic mass is 16.6. The molecule has 0 bridgehead atoms. The van der Waals surface area contributed by atoms with Crippen molar-refractivity contribution in [1.82, 2.24) is 26.6 Å². The summed E-state index contributed by atoms with van der Waals surface area (Å²) in [5.41, 5.74) is 5.30. The molecule has 0 aliphatic carbocycles. The van der Waals surface area contributed by atoms with Gasteiger partial charge in [0.1, 0.15) is 23.9 Å². The molecule has 1 aliphatic heterocycles. The minimum Gasteiger partial charge on any atom is -0.493 e. The maximum atomic E-state index is 13.4. The average molecular weight is 626 g/mol. The molecule has 0 saturated carbocycles. The Bertz CT molecular complexity index is 1430. The first kappa shape index (κ1) is 34.0. The fourth-order valence-corrected chi connectivity index (χ4v) is 4.31. The first-order valence-corrected chi connectivity index (χ1v) is 14.1. The third-order valence-corrected chi connectivity index (χ3v) is 6.69. The van der Waals surface area contributed by atoms with Crippen LogP contribution in [0.5, 0.6) is 5.75 Å². The zero-order valence-electron chi connectivity index (χ0n) is 24.5. The van der Waals surface area contributed by atoms with E-state index in [0.29, 0.717) is 18.4 Å². The molecule has 6 amide bonds. The number of nitrogens with one attached hydrogen (secondary N) is 5. The summed E-state index contributed by atoms with van der Waals surface area (Å²) in [7, 11) is 0. The molecule has 1 heterocycles. The standard InChI is InChI=1S/C29H35N7O9/c1-17-26(39)32-16-25(38)31-11-5-6-12-45-23-10-9-19(36(43)44)14-20(23)27(40)34-22(15-24(30)37)29(42)35-21(28(41)33-17)13-18-7-3-2-4-8-18/h2-4,7-10,14,17,21-22H,5-6,11-13,15-16H2,1H3,(H2,30,37)(H,31,38)(H,32,39)(H,33,41)(H,34,40)(H,35,42)/t17-,21-,22-/m0/s1. The monoisotopic (exact) mass is 625 g/mol. The Hall–Kier alpha value is -5.54. The van der Waals surface area contributed by atoms with Gasteiger partial charge in [-0.25, -0.2) is 0 Å². The van der Waals surface area contributed by atoms with Gasteiger partial charge in [-0.15, -0.1) is 0 Å². The van der Waals surface area contributed by atoms with Crippen molar-refractivity contribution < 1.29 is 38.4 Å². The number of hydrogen-bond acceptors (Lipinski definition) is 9. The molecular weight excluding hydrogens is 590 g/mol. The number of nitro benzene ring substituents is 1.